The van der Waals surface area contributed by atoms with Gasteiger partial charge in [0.05, 0.1) is 20.1 Å². The van der Waals surface area contributed by atoms with Crippen LogP contribution in [-0.2, 0) is 22.4 Å². The Kier molecular flexibility index (Phi) is 9.66. The van der Waals surface area contributed by atoms with Crippen LogP contribution < -0.4 is 20.1 Å². The lowest BCUT2D eigenvalue weighted by Gasteiger charge is -2.22. The van der Waals surface area contributed by atoms with E-state index in [0.717, 1.165) is 11.1 Å². The maximum Gasteiger partial charge on any atom is 0.244 e. The molecule has 2 amide bonds. The van der Waals surface area contributed by atoms with Crippen molar-refractivity contribution in [2.75, 3.05) is 27.3 Å². The lowest BCUT2D eigenvalue weighted by atomic mass is 9.83. The molecule has 10 nitrogen and oxygen atoms in total. The number of phenolic OH excluding ortho intramolecular Hbond substituents is 4. The SMILES string of the molecule is COc1cc([C@H]2c3cc(O)c(OC)cc3/C(=C/C(=O)NCCc3ccc(O)cc3)[C@H]2C(=O)NCCc2ccc(O)cc2)ccc1O. The standard InChI is InChI=1S/C36H36N2O8/c1-45-31-17-23(7-12-29(31)41)34-27-18-30(42)32(46-2)19-26(27)28(20-33(43)37-15-13-21-3-8-24(39)9-4-21)35(34)36(44)38-16-14-22-5-10-25(40)11-6-22/h3-12,17-20,34-35,39-42H,13-16H2,1-2H3,(H,37,43)(H,38,44)/b28-20-/t34-,35+/m0/s1. The molecule has 0 saturated carbocycles. The van der Waals surface area contributed by atoms with Crippen LogP contribution >= 0.6 is 0 Å². The van der Waals surface area contributed by atoms with Crippen LogP contribution in [0.3, 0.4) is 0 Å². The van der Waals surface area contributed by atoms with E-state index in [9.17, 15) is 30.0 Å². The molecule has 2 atom stereocenters. The predicted molar refractivity (Wildman–Crippen MR) is 172 cm³/mol. The van der Waals surface area contributed by atoms with Crippen molar-refractivity contribution in [2.45, 2.75) is 18.8 Å². The van der Waals surface area contributed by atoms with Gasteiger partial charge in [-0.3, -0.25) is 9.59 Å². The van der Waals surface area contributed by atoms with Crippen LogP contribution in [0.2, 0.25) is 0 Å². The third-order valence-electron chi connectivity index (χ3n) is 8.10. The van der Waals surface area contributed by atoms with E-state index in [-0.39, 0.29) is 40.4 Å². The fourth-order valence-electron chi connectivity index (χ4n) is 5.79. The summed E-state index contributed by atoms with van der Waals surface area (Å²) in [5.41, 5.74) is 4.10. The summed E-state index contributed by atoms with van der Waals surface area (Å²) in [6.45, 7) is 0.615. The van der Waals surface area contributed by atoms with Crippen LogP contribution in [0.15, 0.2) is 84.9 Å². The molecule has 0 aliphatic heterocycles. The molecule has 0 heterocycles. The summed E-state index contributed by atoms with van der Waals surface area (Å²) >= 11 is 0. The first kappa shape index (κ1) is 31.8. The molecule has 0 saturated heterocycles. The summed E-state index contributed by atoms with van der Waals surface area (Å²) in [5.74, 6) is -1.76. The Hall–Kier alpha value is -5.64. The van der Waals surface area contributed by atoms with Crippen molar-refractivity contribution in [1.82, 2.24) is 10.6 Å². The number of benzene rings is 4. The first-order valence-corrected chi connectivity index (χ1v) is 14.8. The van der Waals surface area contributed by atoms with E-state index in [0.29, 0.717) is 48.2 Å². The van der Waals surface area contributed by atoms with Crippen LogP contribution in [0.25, 0.3) is 5.57 Å². The van der Waals surface area contributed by atoms with Gasteiger partial charge in [-0.25, -0.2) is 0 Å². The van der Waals surface area contributed by atoms with Crippen LogP contribution in [-0.4, -0.2) is 59.5 Å². The van der Waals surface area contributed by atoms with Gasteiger partial charge in [0.1, 0.15) is 11.5 Å². The molecule has 0 radical (unpaired) electrons. The van der Waals surface area contributed by atoms with Crippen molar-refractivity contribution in [1.29, 1.82) is 0 Å². The fraction of sp³-hybridized carbons (Fsp3) is 0.222. The highest BCUT2D eigenvalue weighted by Gasteiger charge is 2.43. The Labute approximate surface area is 266 Å². The maximum absolute atomic E-state index is 14.1. The van der Waals surface area contributed by atoms with Gasteiger partial charge in [0, 0.05) is 25.1 Å². The lowest BCUT2D eigenvalue weighted by molar-refractivity contribution is -0.123. The Morgan fingerprint density at radius 2 is 1.28 bits per heavy atom. The number of carbonyl (C=O) groups excluding carboxylic acids is 2. The number of ether oxygens (including phenoxy) is 2. The van der Waals surface area contributed by atoms with E-state index in [2.05, 4.69) is 10.6 Å². The van der Waals surface area contributed by atoms with Gasteiger partial charge in [-0.05, 0) is 94.8 Å². The minimum absolute atomic E-state index is 0.0688. The largest absolute Gasteiger partial charge is 0.508 e. The number of nitrogens with one attached hydrogen (secondary N) is 2. The number of fused-ring (bicyclic) bond motifs is 1. The third kappa shape index (κ3) is 7.02. The second-order valence-electron chi connectivity index (χ2n) is 11.0. The number of methoxy groups -OCH3 is 2. The first-order valence-electron chi connectivity index (χ1n) is 14.8. The van der Waals surface area contributed by atoms with Crippen molar-refractivity contribution >= 4 is 17.4 Å². The van der Waals surface area contributed by atoms with Crippen molar-refractivity contribution in [3.05, 3.63) is 113 Å². The van der Waals surface area contributed by atoms with Gasteiger partial charge in [0.2, 0.25) is 11.8 Å². The van der Waals surface area contributed by atoms with Gasteiger partial charge in [0.25, 0.3) is 0 Å². The number of hydrogen-bond acceptors (Lipinski definition) is 8. The molecule has 10 heteroatoms. The number of phenols is 4. The number of amides is 2. The summed E-state index contributed by atoms with van der Waals surface area (Å²) in [6, 6.07) is 21.4. The monoisotopic (exact) mass is 624 g/mol. The number of aromatic hydroxyl groups is 4. The summed E-state index contributed by atoms with van der Waals surface area (Å²) in [4.78, 5) is 27.4. The van der Waals surface area contributed by atoms with E-state index in [1.807, 2.05) is 0 Å². The molecule has 4 aromatic carbocycles. The molecule has 238 valence electrons. The average Bonchev–Trinajstić information content (AvgIpc) is 3.35. The summed E-state index contributed by atoms with van der Waals surface area (Å²) < 4.78 is 10.7. The first-order chi connectivity index (χ1) is 22.2. The van der Waals surface area contributed by atoms with E-state index in [4.69, 9.17) is 9.47 Å². The molecule has 0 unspecified atom stereocenters. The zero-order chi connectivity index (χ0) is 32.8. The van der Waals surface area contributed by atoms with Gasteiger partial charge in [-0.15, -0.1) is 0 Å². The molecule has 1 aliphatic carbocycles. The Morgan fingerprint density at radius 3 is 1.87 bits per heavy atom. The van der Waals surface area contributed by atoms with Gasteiger partial charge in [-0.2, -0.15) is 0 Å². The quantitative estimate of drug-likeness (QED) is 0.134. The molecule has 46 heavy (non-hydrogen) atoms. The van der Waals surface area contributed by atoms with E-state index >= 15 is 0 Å². The van der Waals surface area contributed by atoms with E-state index < -0.39 is 17.7 Å². The highest BCUT2D eigenvalue weighted by Crippen LogP contribution is 2.53. The summed E-state index contributed by atoms with van der Waals surface area (Å²) in [7, 11) is 2.85. The van der Waals surface area contributed by atoms with Crippen LogP contribution in [0, 0.1) is 5.92 Å². The molecule has 4 aromatic rings. The molecular weight excluding hydrogens is 588 g/mol. The van der Waals surface area contributed by atoms with Gasteiger partial charge >= 0.3 is 0 Å². The second-order valence-corrected chi connectivity index (χ2v) is 11.0. The van der Waals surface area contributed by atoms with Gasteiger partial charge in [0.15, 0.2) is 23.0 Å². The van der Waals surface area contributed by atoms with Gasteiger partial charge < -0.3 is 40.5 Å². The van der Waals surface area contributed by atoms with Crippen molar-refractivity contribution in [3.63, 3.8) is 0 Å². The Morgan fingerprint density at radius 1 is 0.717 bits per heavy atom. The smallest absolute Gasteiger partial charge is 0.244 e. The zero-order valence-corrected chi connectivity index (χ0v) is 25.5. The average molecular weight is 625 g/mol. The lowest BCUT2D eigenvalue weighted by Crippen LogP contribution is -2.34. The van der Waals surface area contributed by atoms with Crippen molar-refractivity contribution in [2.24, 2.45) is 5.92 Å². The van der Waals surface area contributed by atoms with Crippen LogP contribution in [0.1, 0.15) is 33.7 Å². The summed E-state index contributed by atoms with van der Waals surface area (Å²) in [5, 5.41) is 46.1. The predicted octanol–water partition coefficient (Wildman–Crippen LogP) is 4.39. The number of hydrogen-bond donors (Lipinski definition) is 6. The molecule has 0 fully saturated rings. The Bertz CT molecular complexity index is 1750. The van der Waals surface area contributed by atoms with Crippen LogP contribution in [0.4, 0.5) is 0 Å². The zero-order valence-electron chi connectivity index (χ0n) is 25.5. The fourth-order valence-corrected chi connectivity index (χ4v) is 5.79. The van der Waals surface area contributed by atoms with Crippen molar-refractivity contribution < 1.29 is 39.5 Å². The van der Waals surface area contributed by atoms with E-state index in [1.54, 1.807) is 72.8 Å². The third-order valence-corrected chi connectivity index (χ3v) is 8.10. The van der Waals surface area contributed by atoms with Crippen LogP contribution in [0.5, 0.6) is 34.5 Å². The molecule has 6 N–H and O–H groups in total. The minimum atomic E-state index is -0.890. The topological polar surface area (TPSA) is 158 Å². The molecule has 0 bridgehead atoms. The normalized spacial score (nSPS) is 16.1. The molecule has 0 spiro atoms. The number of carbonyl (C=O) groups is 2. The highest BCUT2D eigenvalue weighted by atomic mass is 16.5. The van der Waals surface area contributed by atoms with E-state index in [1.165, 1.54) is 26.4 Å². The molecule has 5 rings (SSSR count). The molecular formula is C36H36N2O8. The number of rotatable bonds is 11. The van der Waals surface area contributed by atoms with Crippen molar-refractivity contribution in [3.8, 4) is 34.5 Å². The summed E-state index contributed by atoms with van der Waals surface area (Å²) in [6.07, 6.45) is 2.45. The second kappa shape index (κ2) is 14.0. The van der Waals surface area contributed by atoms with Gasteiger partial charge in [-0.1, -0.05) is 30.3 Å². The molecule has 1 aliphatic rings. The maximum atomic E-state index is 14.1. The highest BCUT2D eigenvalue weighted by molar-refractivity contribution is 6.05. The molecule has 0 aromatic heterocycles. The minimum Gasteiger partial charge on any atom is -0.508 e. The Balaban J connectivity index is 1.50.